The molecule has 5 atom stereocenters. The molecule has 564 valence electrons. The maximum atomic E-state index is 13.1. The van der Waals surface area contributed by atoms with Crippen LogP contribution in [0.25, 0.3) is 0 Å². The van der Waals surface area contributed by atoms with Crippen LogP contribution in [-0.2, 0) is 65.4 Å². The molecule has 2 unspecified atom stereocenters. The SMILES string of the molecule is CCCCCCCCCCCCCCCCCCCCCCCC(=O)O[C@H](COC(=O)CCCCCCCCCCCC(C)C)COP(=O)(O)OC[C@@H](O)COP(=O)(O)OC[C@@H](COC(=O)CCCCCCCCCCCCC)OC(=O)CCCCCCCCCCCCC. The number of carbonyl (C=O) groups is 4. The summed E-state index contributed by atoms with van der Waals surface area (Å²) < 4.78 is 68.5. The van der Waals surface area contributed by atoms with Crippen LogP contribution in [0.2, 0.25) is 0 Å². The van der Waals surface area contributed by atoms with Gasteiger partial charge in [0.2, 0.25) is 0 Å². The molecule has 0 aliphatic rings. The van der Waals surface area contributed by atoms with E-state index >= 15 is 0 Å². The summed E-state index contributed by atoms with van der Waals surface area (Å²) >= 11 is 0. The van der Waals surface area contributed by atoms with Crippen molar-refractivity contribution in [2.45, 2.75) is 419 Å². The van der Waals surface area contributed by atoms with E-state index in [1.54, 1.807) is 0 Å². The number of aliphatic hydroxyl groups is 1. The van der Waals surface area contributed by atoms with Crippen molar-refractivity contribution < 1.29 is 80.2 Å². The number of phosphoric acid groups is 2. The highest BCUT2D eigenvalue weighted by Crippen LogP contribution is 2.45. The van der Waals surface area contributed by atoms with Crippen LogP contribution in [0.1, 0.15) is 401 Å². The largest absolute Gasteiger partial charge is 0.472 e. The number of unbranched alkanes of at least 4 members (excludes halogenated alkanes) is 48. The molecule has 95 heavy (non-hydrogen) atoms. The van der Waals surface area contributed by atoms with E-state index < -0.39 is 97.5 Å². The summed E-state index contributed by atoms with van der Waals surface area (Å²) in [6.07, 6.45) is 58.3. The monoisotopic (exact) mass is 1400 g/mol. The number of ether oxygens (including phenoxy) is 4. The first-order valence-corrected chi connectivity index (χ1v) is 42.6. The van der Waals surface area contributed by atoms with Gasteiger partial charge in [0.25, 0.3) is 0 Å². The minimum Gasteiger partial charge on any atom is -0.462 e. The second-order valence-electron chi connectivity index (χ2n) is 27.9. The lowest BCUT2D eigenvalue weighted by Crippen LogP contribution is -2.30. The normalized spacial score (nSPS) is 13.9. The molecule has 0 aliphatic carbocycles. The highest BCUT2D eigenvalue weighted by molar-refractivity contribution is 7.47. The number of hydrogen-bond donors (Lipinski definition) is 3. The Kier molecular flexibility index (Phi) is 67.7. The fraction of sp³-hybridized carbons (Fsp3) is 0.947. The van der Waals surface area contributed by atoms with Gasteiger partial charge in [0, 0.05) is 25.7 Å². The lowest BCUT2D eigenvalue weighted by atomic mass is 10.0. The highest BCUT2D eigenvalue weighted by atomic mass is 31.2. The zero-order valence-corrected chi connectivity index (χ0v) is 63.6. The summed E-state index contributed by atoms with van der Waals surface area (Å²) in [4.78, 5) is 72.7. The van der Waals surface area contributed by atoms with E-state index in [4.69, 9.17) is 37.0 Å². The number of aliphatic hydroxyl groups excluding tert-OH is 1. The average Bonchev–Trinajstić information content (AvgIpc) is 2.08. The maximum absolute atomic E-state index is 13.1. The van der Waals surface area contributed by atoms with E-state index in [1.807, 2.05) is 0 Å². The van der Waals surface area contributed by atoms with Crippen molar-refractivity contribution in [3.63, 3.8) is 0 Å². The van der Waals surface area contributed by atoms with E-state index in [-0.39, 0.29) is 25.7 Å². The second-order valence-corrected chi connectivity index (χ2v) is 30.8. The van der Waals surface area contributed by atoms with Gasteiger partial charge in [0.1, 0.15) is 19.3 Å². The Morgan fingerprint density at radius 3 is 0.716 bits per heavy atom. The van der Waals surface area contributed by atoms with Gasteiger partial charge < -0.3 is 33.8 Å². The number of phosphoric ester groups is 2. The Balaban J connectivity index is 5.18. The minimum absolute atomic E-state index is 0.107. The van der Waals surface area contributed by atoms with Crippen LogP contribution < -0.4 is 0 Å². The van der Waals surface area contributed by atoms with Crippen LogP contribution in [0.15, 0.2) is 0 Å². The third kappa shape index (κ3) is 70.3. The van der Waals surface area contributed by atoms with Crippen molar-refractivity contribution in [3.8, 4) is 0 Å². The molecule has 0 aromatic heterocycles. The van der Waals surface area contributed by atoms with Crippen LogP contribution in [0.5, 0.6) is 0 Å². The van der Waals surface area contributed by atoms with Crippen LogP contribution >= 0.6 is 15.6 Å². The number of hydrogen-bond acceptors (Lipinski definition) is 15. The fourth-order valence-corrected chi connectivity index (χ4v) is 13.3. The van der Waals surface area contributed by atoms with Crippen molar-refractivity contribution in [2.24, 2.45) is 5.92 Å². The molecule has 0 aromatic rings. The molecule has 0 aromatic carbocycles. The fourth-order valence-electron chi connectivity index (χ4n) is 11.7. The Hall–Kier alpha value is -1.94. The van der Waals surface area contributed by atoms with Crippen molar-refractivity contribution >= 4 is 39.5 Å². The predicted molar refractivity (Wildman–Crippen MR) is 386 cm³/mol. The number of carbonyl (C=O) groups excluding carboxylic acids is 4. The highest BCUT2D eigenvalue weighted by Gasteiger charge is 2.30. The first kappa shape index (κ1) is 93.1. The van der Waals surface area contributed by atoms with Gasteiger partial charge in [0.15, 0.2) is 12.2 Å². The van der Waals surface area contributed by atoms with Gasteiger partial charge in [-0.3, -0.25) is 37.3 Å². The van der Waals surface area contributed by atoms with E-state index in [9.17, 15) is 43.2 Å². The Morgan fingerprint density at radius 2 is 0.484 bits per heavy atom. The smallest absolute Gasteiger partial charge is 0.462 e. The summed E-state index contributed by atoms with van der Waals surface area (Å²) in [5, 5.41) is 10.6. The van der Waals surface area contributed by atoms with Gasteiger partial charge in [-0.15, -0.1) is 0 Å². The summed E-state index contributed by atoms with van der Waals surface area (Å²) in [5.41, 5.74) is 0. The predicted octanol–water partition coefficient (Wildman–Crippen LogP) is 22.5. The van der Waals surface area contributed by atoms with E-state index in [0.29, 0.717) is 25.7 Å². The summed E-state index contributed by atoms with van der Waals surface area (Å²) in [5.74, 6) is -1.37. The molecule has 0 aliphatic heterocycles. The summed E-state index contributed by atoms with van der Waals surface area (Å²) in [7, 11) is -9.91. The van der Waals surface area contributed by atoms with Gasteiger partial charge in [-0.25, -0.2) is 9.13 Å². The van der Waals surface area contributed by atoms with Gasteiger partial charge in [-0.2, -0.15) is 0 Å². The Morgan fingerprint density at radius 1 is 0.284 bits per heavy atom. The van der Waals surface area contributed by atoms with Crippen LogP contribution in [-0.4, -0.2) is 96.7 Å². The summed E-state index contributed by atoms with van der Waals surface area (Å²) in [6, 6.07) is 0. The molecular formula is C76H148O17P2. The Labute approximate surface area is 581 Å². The zero-order valence-electron chi connectivity index (χ0n) is 61.8. The number of rotatable bonds is 76. The van der Waals surface area contributed by atoms with Gasteiger partial charge in [0.05, 0.1) is 26.4 Å². The lowest BCUT2D eigenvalue weighted by Gasteiger charge is -2.21. The topological polar surface area (TPSA) is 237 Å². The van der Waals surface area contributed by atoms with Crippen molar-refractivity contribution in [1.82, 2.24) is 0 Å². The molecule has 0 saturated heterocycles. The molecule has 17 nitrogen and oxygen atoms in total. The molecule has 19 heteroatoms. The second kappa shape index (κ2) is 69.2. The van der Waals surface area contributed by atoms with Crippen molar-refractivity contribution in [2.75, 3.05) is 39.6 Å². The molecule has 3 N–H and O–H groups in total. The average molecular weight is 1400 g/mol. The van der Waals surface area contributed by atoms with Crippen LogP contribution in [0, 0.1) is 5.92 Å². The van der Waals surface area contributed by atoms with Crippen molar-refractivity contribution in [1.29, 1.82) is 0 Å². The van der Waals surface area contributed by atoms with E-state index in [2.05, 4.69) is 34.6 Å². The molecule has 0 heterocycles. The molecule has 0 rings (SSSR count). The molecule has 0 amide bonds. The van der Waals surface area contributed by atoms with Crippen molar-refractivity contribution in [3.05, 3.63) is 0 Å². The quantitative estimate of drug-likeness (QED) is 0.0222. The van der Waals surface area contributed by atoms with Crippen LogP contribution in [0.4, 0.5) is 0 Å². The zero-order chi connectivity index (χ0) is 69.8. The summed E-state index contributed by atoms with van der Waals surface area (Å²) in [6.45, 7) is 7.26. The van der Waals surface area contributed by atoms with E-state index in [1.165, 1.54) is 225 Å². The van der Waals surface area contributed by atoms with Gasteiger partial charge in [-0.05, 0) is 31.6 Å². The van der Waals surface area contributed by atoms with Crippen LogP contribution in [0.3, 0.4) is 0 Å². The third-order valence-electron chi connectivity index (χ3n) is 17.8. The third-order valence-corrected chi connectivity index (χ3v) is 19.7. The van der Waals surface area contributed by atoms with Gasteiger partial charge >= 0.3 is 39.5 Å². The molecule has 0 saturated carbocycles. The first-order valence-electron chi connectivity index (χ1n) is 39.6. The standard InChI is InChI=1S/C76H148O17P2/c1-6-9-12-15-18-21-24-25-26-27-28-29-30-31-32-33-36-41-47-52-57-62-76(81)93-72(66-87-74(79)60-55-50-45-42-37-38-43-48-53-58-69(4)5)68-91-95(84,85)89-64-70(77)63-88-94(82,83)90-67-71(92-75(80)61-56-51-46-40-35-23-20-17-14-11-8-3)65-86-73(78)59-54-49-44-39-34-22-19-16-13-10-7-2/h69-72,77H,6-68H2,1-5H3,(H,82,83)(H,84,85)/t70-,71+,72+/m0/s1. The Bertz CT molecular complexity index is 1820. The van der Waals surface area contributed by atoms with E-state index in [0.717, 1.165) is 95.8 Å². The first-order chi connectivity index (χ1) is 46.0. The molecule has 0 bridgehead atoms. The molecule has 0 spiro atoms. The number of esters is 4. The molecule has 0 fully saturated rings. The lowest BCUT2D eigenvalue weighted by molar-refractivity contribution is -0.161. The molecule has 0 radical (unpaired) electrons. The molecular weight excluding hydrogens is 1250 g/mol. The van der Waals surface area contributed by atoms with Gasteiger partial charge in [-0.1, -0.05) is 349 Å². The minimum atomic E-state index is -4.96. The maximum Gasteiger partial charge on any atom is 0.472 e.